The topological polar surface area (TPSA) is 21.3 Å². The molecule has 0 spiro atoms. The summed E-state index contributed by atoms with van der Waals surface area (Å²) in [6.45, 7) is 4.04. The zero-order valence-electron chi connectivity index (χ0n) is 10.5. The fourth-order valence-corrected chi connectivity index (χ4v) is 1.63. The Balaban J connectivity index is 2.96. The Labute approximate surface area is 101 Å². The van der Waals surface area contributed by atoms with Gasteiger partial charge in [-0.15, -0.1) is 0 Å². The second kappa shape index (κ2) is 5.96. The van der Waals surface area contributed by atoms with Crippen molar-refractivity contribution in [1.29, 1.82) is 0 Å². The molecule has 0 fully saturated rings. The third kappa shape index (κ3) is 3.16. The molecule has 1 unspecified atom stereocenters. The lowest BCUT2D eigenvalue weighted by atomic mass is 9.92. The highest BCUT2D eigenvalue weighted by molar-refractivity contribution is 5.32. The number of benzene rings is 1. The van der Waals surface area contributed by atoms with Crippen LogP contribution in [0, 0.1) is 0 Å². The molecule has 1 atom stereocenters. The first-order chi connectivity index (χ1) is 8.04. The van der Waals surface area contributed by atoms with Crippen molar-refractivity contribution in [3.8, 4) is 5.75 Å². The van der Waals surface area contributed by atoms with Crippen molar-refractivity contribution in [3.63, 3.8) is 0 Å². The van der Waals surface area contributed by atoms with E-state index in [0.717, 1.165) is 6.42 Å². The fraction of sp³-hybridized carbons (Fsp3) is 0.538. The van der Waals surface area contributed by atoms with Crippen molar-refractivity contribution >= 4 is 0 Å². The molecule has 0 heterocycles. The molecule has 0 aliphatic carbocycles. The van der Waals surface area contributed by atoms with Crippen molar-refractivity contribution in [3.05, 3.63) is 29.8 Å². The van der Waals surface area contributed by atoms with E-state index < -0.39 is 12.0 Å². The highest BCUT2D eigenvalue weighted by Gasteiger charge is 2.35. The molecule has 0 aliphatic heterocycles. The molecule has 1 aromatic carbocycles. The zero-order chi connectivity index (χ0) is 12.9. The summed E-state index contributed by atoms with van der Waals surface area (Å²) in [4.78, 5) is 0. The van der Waals surface area contributed by atoms with Crippen LogP contribution in [0.2, 0.25) is 0 Å². The van der Waals surface area contributed by atoms with Crippen LogP contribution < -0.4 is 10.1 Å². The second-order valence-electron chi connectivity index (χ2n) is 4.16. The van der Waals surface area contributed by atoms with E-state index in [-0.39, 0.29) is 0 Å². The van der Waals surface area contributed by atoms with Gasteiger partial charge >= 0.3 is 0 Å². The first kappa shape index (κ1) is 13.9. The van der Waals surface area contributed by atoms with Gasteiger partial charge in [0.15, 0.2) is 0 Å². The van der Waals surface area contributed by atoms with Crippen LogP contribution >= 0.6 is 0 Å². The smallest absolute Gasteiger partial charge is 0.260 e. The number of alkyl halides is 2. The van der Waals surface area contributed by atoms with Gasteiger partial charge in [-0.2, -0.15) is 0 Å². The van der Waals surface area contributed by atoms with Crippen LogP contribution in [0.5, 0.6) is 5.75 Å². The fourth-order valence-electron chi connectivity index (χ4n) is 1.63. The molecular weight excluding hydrogens is 224 g/mol. The van der Waals surface area contributed by atoms with Gasteiger partial charge in [0.25, 0.3) is 6.43 Å². The first-order valence-corrected chi connectivity index (χ1v) is 5.72. The Morgan fingerprint density at radius 3 is 2.29 bits per heavy atom. The van der Waals surface area contributed by atoms with Crippen LogP contribution in [0.1, 0.15) is 25.8 Å². The van der Waals surface area contributed by atoms with Gasteiger partial charge < -0.3 is 10.1 Å². The van der Waals surface area contributed by atoms with Crippen LogP contribution in [0.4, 0.5) is 8.78 Å². The molecule has 17 heavy (non-hydrogen) atoms. The normalized spacial score (nSPS) is 14.7. The lowest BCUT2D eigenvalue weighted by molar-refractivity contribution is 0.0385. The lowest BCUT2D eigenvalue weighted by Crippen LogP contribution is -2.46. The maximum absolute atomic E-state index is 13.2. The van der Waals surface area contributed by atoms with E-state index >= 15 is 0 Å². The van der Waals surface area contributed by atoms with Crippen LogP contribution in [-0.4, -0.2) is 20.1 Å². The largest absolute Gasteiger partial charge is 0.497 e. The molecule has 4 heteroatoms. The molecule has 0 aromatic heterocycles. The monoisotopic (exact) mass is 243 g/mol. The number of hydrogen-bond acceptors (Lipinski definition) is 2. The van der Waals surface area contributed by atoms with Gasteiger partial charge in [0.1, 0.15) is 11.3 Å². The summed E-state index contributed by atoms with van der Waals surface area (Å²) in [6.07, 6.45) is -1.64. The average Bonchev–Trinajstić information content (AvgIpc) is 2.35. The summed E-state index contributed by atoms with van der Waals surface area (Å²) in [6, 6.07) is 6.74. The summed E-state index contributed by atoms with van der Waals surface area (Å²) >= 11 is 0. The Hall–Kier alpha value is -1.16. The summed E-state index contributed by atoms with van der Waals surface area (Å²) < 4.78 is 31.4. The molecule has 0 bridgehead atoms. The van der Waals surface area contributed by atoms with E-state index in [2.05, 4.69) is 5.32 Å². The van der Waals surface area contributed by atoms with Gasteiger partial charge in [0.05, 0.1) is 7.11 Å². The average molecular weight is 243 g/mol. The minimum absolute atomic E-state index is 0.562. The van der Waals surface area contributed by atoms with Gasteiger partial charge in [-0.3, -0.25) is 0 Å². The summed E-state index contributed by atoms with van der Waals surface area (Å²) in [5.74, 6) is 0.667. The van der Waals surface area contributed by atoms with Crippen LogP contribution in [0.25, 0.3) is 0 Å². The molecular formula is C13H19F2NO. The molecule has 0 amide bonds. The highest BCUT2D eigenvalue weighted by Crippen LogP contribution is 2.29. The van der Waals surface area contributed by atoms with Crippen molar-refractivity contribution in [1.82, 2.24) is 5.32 Å². The van der Waals surface area contributed by atoms with Gasteiger partial charge in [-0.25, -0.2) is 8.78 Å². The molecule has 96 valence electrons. The third-order valence-corrected chi connectivity index (χ3v) is 2.87. The summed E-state index contributed by atoms with van der Waals surface area (Å²) in [5, 5.41) is 2.91. The predicted molar refractivity (Wildman–Crippen MR) is 64.6 cm³/mol. The van der Waals surface area contributed by atoms with Crippen molar-refractivity contribution in [2.45, 2.75) is 32.2 Å². The van der Waals surface area contributed by atoms with Crippen molar-refractivity contribution in [2.75, 3.05) is 13.7 Å². The van der Waals surface area contributed by atoms with Crippen LogP contribution in [-0.2, 0) is 5.54 Å². The number of hydrogen-bond donors (Lipinski definition) is 1. The standard InChI is InChI=1S/C13H19F2NO/c1-4-9-16-13(2,12(14)15)10-5-7-11(17-3)8-6-10/h5-8,12,16H,4,9H2,1-3H3. The van der Waals surface area contributed by atoms with Crippen LogP contribution in [0.3, 0.4) is 0 Å². The molecule has 1 rings (SSSR count). The third-order valence-electron chi connectivity index (χ3n) is 2.87. The minimum Gasteiger partial charge on any atom is -0.497 e. The lowest BCUT2D eigenvalue weighted by Gasteiger charge is -2.30. The molecule has 1 N–H and O–H groups in total. The van der Waals surface area contributed by atoms with E-state index in [4.69, 9.17) is 4.74 Å². The number of methoxy groups -OCH3 is 1. The van der Waals surface area contributed by atoms with Gasteiger partial charge in [0.2, 0.25) is 0 Å². The van der Waals surface area contributed by atoms with Crippen molar-refractivity contribution in [2.24, 2.45) is 0 Å². The molecule has 0 aliphatic rings. The van der Waals surface area contributed by atoms with E-state index in [9.17, 15) is 8.78 Å². The van der Waals surface area contributed by atoms with Gasteiger partial charge in [-0.1, -0.05) is 19.1 Å². The molecule has 0 radical (unpaired) electrons. The highest BCUT2D eigenvalue weighted by atomic mass is 19.3. The maximum Gasteiger partial charge on any atom is 0.260 e. The van der Waals surface area contributed by atoms with E-state index in [1.165, 1.54) is 6.92 Å². The number of halogens is 2. The van der Waals surface area contributed by atoms with Gasteiger partial charge in [-0.05, 0) is 37.6 Å². The van der Waals surface area contributed by atoms with E-state index in [0.29, 0.717) is 17.9 Å². The van der Waals surface area contributed by atoms with E-state index in [1.807, 2.05) is 6.92 Å². The van der Waals surface area contributed by atoms with E-state index in [1.54, 1.807) is 31.4 Å². The SMILES string of the molecule is CCCNC(C)(c1ccc(OC)cc1)C(F)F. The Bertz CT molecular complexity index is 340. The minimum atomic E-state index is -2.46. The van der Waals surface area contributed by atoms with Crippen molar-refractivity contribution < 1.29 is 13.5 Å². The van der Waals surface area contributed by atoms with Gasteiger partial charge in [0, 0.05) is 0 Å². The molecule has 0 saturated carbocycles. The molecule has 0 saturated heterocycles. The Kier molecular flexibility index (Phi) is 4.87. The van der Waals surface area contributed by atoms with Crippen LogP contribution in [0.15, 0.2) is 24.3 Å². The maximum atomic E-state index is 13.2. The Morgan fingerprint density at radius 2 is 1.88 bits per heavy atom. The second-order valence-corrected chi connectivity index (χ2v) is 4.16. The zero-order valence-corrected chi connectivity index (χ0v) is 10.5. The molecule has 1 aromatic rings. The number of nitrogens with one attached hydrogen (secondary N) is 1. The molecule has 2 nitrogen and oxygen atoms in total. The number of ether oxygens (including phenoxy) is 1. The summed E-state index contributed by atoms with van der Waals surface area (Å²) in [5.41, 5.74) is -0.732. The summed E-state index contributed by atoms with van der Waals surface area (Å²) in [7, 11) is 1.55. The Morgan fingerprint density at radius 1 is 1.29 bits per heavy atom. The predicted octanol–water partition coefficient (Wildman–Crippen LogP) is 3.18. The number of rotatable bonds is 6. The first-order valence-electron chi connectivity index (χ1n) is 5.72. The quantitative estimate of drug-likeness (QED) is 0.828.